The van der Waals surface area contributed by atoms with Gasteiger partial charge in [0.05, 0.1) is 32.0 Å². The van der Waals surface area contributed by atoms with Gasteiger partial charge in [0.1, 0.15) is 0 Å². The lowest BCUT2D eigenvalue weighted by atomic mass is 10.1. The van der Waals surface area contributed by atoms with Crippen LogP contribution in [0.4, 0.5) is 0 Å². The quantitative estimate of drug-likeness (QED) is 0.599. The Morgan fingerprint density at radius 3 is 1.88 bits per heavy atom. The molecule has 0 saturated carbocycles. The van der Waals surface area contributed by atoms with Crippen LogP contribution in [0.3, 0.4) is 0 Å². The van der Waals surface area contributed by atoms with Gasteiger partial charge in [-0.1, -0.05) is 18.2 Å². The number of para-hydroxylation sites is 1. The summed E-state index contributed by atoms with van der Waals surface area (Å²) in [5.41, 5.74) is 0.238. The number of esters is 2. The number of rotatable bonds is 6. The predicted octanol–water partition coefficient (Wildman–Crippen LogP) is 3.10. The lowest BCUT2D eigenvalue weighted by Crippen LogP contribution is -2.16. The number of hydrogen-bond acceptors (Lipinski definition) is 6. The second-order valence-electron chi connectivity index (χ2n) is 4.65. The molecule has 2 aromatic carbocycles. The van der Waals surface area contributed by atoms with Gasteiger partial charge in [-0.2, -0.15) is 0 Å². The van der Waals surface area contributed by atoms with Gasteiger partial charge in [0, 0.05) is 0 Å². The van der Waals surface area contributed by atoms with Crippen molar-refractivity contribution in [3.63, 3.8) is 0 Å². The van der Waals surface area contributed by atoms with Gasteiger partial charge < -0.3 is 18.9 Å². The van der Waals surface area contributed by atoms with Crippen molar-refractivity contribution in [1.29, 1.82) is 0 Å². The highest BCUT2D eigenvalue weighted by Crippen LogP contribution is 2.37. The van der Waals surface area contributed by atoms with Gasteiger partial charge in [0.25, 0.3) is 0 Å². The molecule has 0 fully saturated rings. The fourth-order valence-electron chi connectivity index (χ4n) is 2.11. The fourth-order valence-corrected chi connectivity index (χ4v) is 2.11. The first-order chi connectivity index (χ1) is 11.6. The average Bonchev–Trinajstić information content (AvgIpc) is 2.62. The summed E-state index contributed by atoms with van der Waals surface area (Å²) in [7, 11) is 2.91. The molecule has 24 heavy (non-hydrogen) atoms. The molecular weight excluding hydrogens is 312 g/mol. The third kappa shape index (κ3) is 3.65. The summed E-state index contributed by atoms with van der Waals surface area (Å²) in [6, 6.07) is 11.3. The third-order valence-electron chi connectivity index (χ3n) is 3.22. The van der Waals surface area contributed by atoms with Crippen LogP contribution in [0.25, 0.3) is 0 Å². The molecule has 126 valence electrons. The molecule has 0 N–H and O–H groups in total. The maximum atomic E-state index is 12.5. The van der Waals surface area contributed by atoms with E-state index in [-0.39, 0.29) is 23.5 Å². The van der Waals surface area contributed by atoms with Crippen LogP contribution in [0, 0.1) is 0 Å². The lowest BCUT2D eigenvalue weighted by molar-refractivity contribution is 0.0516. The van der Waals surface area contributed by atoms with Crippen LogP contribution in [-0.2, 0) is 4.74 Å². The average molecular weight is 330 g/mol. The van der Waals surface area contributed by atoms with Gasteiger partial charge in [0.2, 0.25) is 5.75 Å². The number of methoxy groups -OCH3 is 2. The van der Waals surface area contributed by atoms with E-state index in [0.29, 0.717) is 11.5 Å². The van der Waals surface area contributed by atoms with Crippen LogP contribution in [0.2, 0.25) is 0 Å². The van der Waals surface area contributed by atoms with Gasteiger partial charge in [-0.25, -0.2) is 9.59 Å². The zero-order valence-electron chi connectivity index (χ0n) is 13.7. The van der Waals surface area contributed by atoms with E-state index in [4.69, 9.17) is 18.9 Å². The molecule has 0 aliphatic carbocycles. The Labute approximate surface area is 139 Å². The fraction of sp³-hybridized carbons (Fsp3) is 0.222. The van der Waals surface area contributed by atoms with E-state index in [9.17, 15) is 9.59 Å². The van der Waals surface area contributed by atoms with Crippen LogP contribution in [-0.4, -0.2) is 32.8 Å². The minimum Gasteiger partial charge on any atom is -0.493 e. The zero-order chi connectivity index (χ0) is 17.5. The van der Waals surface area contributed by atoms with Crippen molar-refractivity contribution in [1.82, 2.24) is 0 Å². The zero-order valence-corrected chi connectivity index (χ0v) is 13.7. The molecule has 0 aliphatic heterocycles. The van der Waals surface area contributed by atoms with Crippen LogP contribution in [0.15, 0.2) is 42.5 Å². The Balaban J connectivity index is 2.37. The van der Waals surface area contributed by atoms with Gasteiger partial charge in [-0.05, 0) is 31.2 Å². The van der Waals surface area contributed by atoms with Gasteiger partial charge in [-0.3, -0.25) is 0 Å². The van der Waals surface area contributed by atoms with E-state index in [1.54, 1.807) is 37.3 Å². The maximum Gasteiger partial charge on any atom is 0.344 e. The highest BCUT2D eigenvalue weighted by molar-refractivity contribution is 6.04. The van der Waals surface area contributed by atoms with Crippen LogP contribution < -0.4 is 14.2 Å². The monoisotopic (exact) mass is 330 g/mol. The van der Waals surface area contributed by atoms with E-state index < -0.39 is 11.9 Å². The summed E-state index contributed by atoms with van der Waals surface area (Å²) >= 11 is 0. The number of benzene rings is 2. The van der Waals surface area contributed by atoms with Crippen molar-refractivity contribution < 1.29 is 28.5 Å². The third-order valence-corrected chi connectivity index (χ3v) is 3.22. The van der Waals surface area contributed by atoms with Gasteiger partial charge >= 0.3 is 11.9 Å². The molecule has 2 rings (SSSR count). The Kier molecular flexibility index (Phi) is 5.78. The number of carbonyl (C=O) groups is 2. The Bertz CT molecular complexity index is 716. The smallest absolute Gasteiger partial charge is 0.344 e. The molecule has 0 spiro atoms. The van der Waals surface area contributed by atoms with Crippen molar-refractivity contribution in [2.24, 2.45) is 0 Å². The first-order valence-electron chi connectivity index (χ1n) is 7.31. The van der Waals surface area contributed by atoms with Gasteiger partial charge in [-0.15, -0.1) is 0 Å². The van der Waals surface area contributed by atoms with E-state index in [1.807, 2.05) is 0 Å². The Morgan fingerprint density at radius 2 is 1.38 bits per heavy atom. The topological polar surface area (TPSA) is 71.1 Å². The van der Waals surface area contributed by atoms with Crippen molar-refractivity contribution >= 4 is 11.9 Å². The standard InChI is InChI=1S/C18H18O6/c1-4-23-17(19)12-8-5-6-9-13(12)18(20)24-16-14(21-2)10-7-11-15(16)22-3/h5-11H,4H2,1-3H3. The summed E-state index contributed by atoms with van der Waals surface area (Å²) in [5, 5.41) is 0. The maximum absolute atomic E-state index is 12.5. The van der Waals surface area contributed by atoms with E-state index in [1.165, 1.54) is 26.4 Å². The molecule has 6 nitrogen and oxygen atoms in total. The number of carbonyl (C=O) groups excluding carboxylic acids is 2. The molecule has 0 aromatic heterocycles. The second-order valence-corrected chi connectivity index (χ2v) is 4.65. The summed E-state index contributed by atoms with van der Waals surface area (Å²) in [4.78, 5) is 24.5. The molecule has 0 unspecified atom stereocenters. The van der Waals surface area contributed by atoms with Crippen molar-refractivity contribution in [2.45, 2.75) is 6.92 Å². The Hall–Kier alpha value is -3.02. The van der Waals surface area contributed by atoms with Crippen LogP contribution in [0.5, 0.6) is 17.2 Å². The van der Waals surface area contributed by atoms with E-state index >= 15 is 0 Å². The summed E-state index contributed by atoms with van der Waals surface area (Å²) in [5.74, 6) is -0.461. The minimum absolute atomic E-state index is 0.101. The van der Waals surface area contributed by atoms with Crippen molar-refractivity contribution in [3.8, 4) is 17.2 Å². The summed E-state index contributed by atoms with van der Waals surface area (Å²) < 4.78 is 20.8. The SMILES string of the molecule is CCOC(=O)c1ccccc1C(=O)Oc1c(OC)cccc1OC. The molecule has 6 heteroatoms. The minimum atomic E-state index is -0.707. The highest BCUT2D eigenvalue weighted by Gasteiger charge is 2.22. The van der Waals surface area contributed by atoms with Gasteiger partial charge in [0.15, 0.2) is 11.5 Å². The number of hydrogen-bond donors (Lipinski definition) is 0. The summed E-state index contributed by atoms with van der Waals surface area (Å²) in [6.07, 6.45) is 0. The van der Waals surface area contributed by atoms with Crippen molar-refractivity contribution in [3.05, 3.63) is 53.6 Å². The van der Waals surface area contributed by atoms with Crippen molar-refractivity contribution in [2.75, 3.05) is 20.8 Å². The Morgan fingerprint density at radius 1 is 0.833 bits per heavy atom. The molecule has 0 atom stereocenters. The largest absolute Gasteiger partial charge is 0.493 e. The molecule has 0 aliphatic rings. The molecule has 0 bridgehead atoms. The first-order valence-corrected chi connectivity index (χ1v) is 7.31. The molecule has 2 aromatic rings. The molecule has 0 radical (unpaired) electrons. The predicted molar refractivity (Wildman–Crippen MR) is 86.9 cm³/mol. The van der Waals surface area contributed by atoms with Crippen LogP contribution >= 0.6 is 0 Å². The molecule has 0 heterocycles. The number of ether oxygens (including phenoxy) is 4. The molecule has 0 saturated heterocycles. The van der Waals surface area contributed by atoms with E-state index in [0.717, 1.165) is 0 Å². The molecule has 0 amide bonds. The first kappa shape index (κ1) is 17.3. The highest BCUT2D eigenvalue weighted by atomic mass is 16.6. The summed E-state index contributed by atoms with van der Waals surface area (Å²) in [6.45, 7) is 1.90. The van der Waals surface area contributed by atoms with Crippen LogP contribution in [0.1, 0.15) is 27.6 Å². The normalized spacial score (nSPS) is 9.96. The molecular formula is C18H18O6. The second kappa shape index (κ2) is 8.01. The lowest BCUT2D eigenvalue weighted by Gasteiger charge is -2.13. The van der Waals surface area contributed by atoms with E-state index in [2.05, 4.69) is 0 Å².